The van der Waals surface area contributed by atoms with Gasteiger partial charge in [0, 0.05) is 10.7 Å². The second-order valence-corrected chi connectivity index (χ2v) is 5.75. The van der Waals surface area contributed by atoms with Crippen molar-refractivity contribution in [2.24, 2.45) is 5.41 Å². The Bertz CT molecular complexity index is 323. The molecule has 0 N–H and O–H groups in total. The van der Waals surface area contributed by atoms with Crippen LogP contribution >= 0.6 is 55.1 Å². The third-order valence-electron chi connectivity index (χ3n) is 2.26. The van der Waals surface area contributed by atoms with E-state index in [1.54, 1.807) is 12.2 Å². The smallest absolute Gasteiger partial charge is 0.192 e. The number of rotatable bonds is 2. The molecular formula is C9H8Br2Cl2O. The SMILES string of the molecule is CC1(C(Cl)Cl)C=C(Br)C(=O)C=C1CBr. The van der Waals surface area contributed by atoms with E-state index in [1.165, 1.54) is 0 Å². The number of alkyl halides is 3. The Morgan fingerprint density at radius 3 is 2.57 bits per heavy atom. The second-order valence-electron chi connectivity index (χ2n) is 3.24. The van der Waals surface area contributed by atoms with E-state index in [1.807, 2.05) is 6.92 Å². The van der Waals surface area contributed by atoms with E-state index in [-0.39, 0.29) is 5.78 Å². The quantitative estimate of drug-likeness (QED) is 0.679. The largest absolute Gasteiger partial charge is 0.289 e. The van der Waals surface area contributed by atoms with Crippen LogP contribution in [0.5, 0.6) is 0 Å². The number of hydrogen-bond donors (Lipinski definition) is 0. The highest BCUT2D eigenvalue weighted by Gasteiger charge is 2.37. The molecule has 1 atom stereocenters. The van der Waals surface area contributed by atoms with Crippen LogP contribution in [0.25, 0.3) is 0 Å². The van der Waals surface area contributed by atoms with Gasteiger partial charge in [-0.05, 0) is 34.5 Å². The molecule has 0 aromatic heterocycles. The summed E-state index contributed by atoms with van der Waals surface area (Å²) in [7, 11) is 0. The molecule has 0 spiro atoms. The lowest BCUT2D eigenvalue weighted by Gasteiger charge is -2.32. The molecule has 0 fully saturated rings. The average molecular weight is 363 g/mol. The van der Waals surface area contributed by atoms with Crippen molar-refractivity contribution in [2.45, 2.75) is 11.8 Å². The van der Waals surface area contributed by atoms with Gasteiger partial charge in [0.15, 0.2) is 5.78 Å². The molecule has 1 unspecified atom stereocenters. The van der Waals surface area contributed by atoms with Crippen LogP contribution in [0.15, 0.2) is 22.2 Å². The molecule has 1 nitrogen and oxygen atoms in total. The molecule has 1 aliphatic carbocycles. The number of allylic oxidation sites excluding steroid dienone is 4. The maximum atomic E-state index is 11.4. The minimum absolute atomic E-state index is 0.0501. The molecule has 5 heteroatoms. The summed E-state index contributed by atoms with van der Waals surface area (Å²) in [4.78, 5) is 10.8. The van der Waals surface area contributed by atoms with E-state index >= 15 is 0 Å². The standard InChI is InChI=1S/C9H8Br2Cl2O/c1-9(8(12)13)3-6(11)7(14)2-5(9)4-10/h2-3,8H,4H2,1H3. The fourth-order valence-electron chi connectivity index (χ4n) is 1.20. The fraction of sp³-hybridized carbons (Fsp3) is 0.444. The zero-order valence-electron chi connectivity index (χ0n) is 7.36. The lowest BCUT2D eigenvalue weighted by atomic mass is 9.80. The molecule has 78 valence electrons. The molecule has 0 saturated carbocycles. The van der Waals surface area contributed by atoms with Gasteiger partial charge < -0.3 is 0 Å². The highest BCUT2D eigenvalue weighted by molar-refractivity contribution is 9.12. The Kier molecular flexibility index (Phi) is 4.27. The molecule has 0 aliphatic heterocycles. The van der Waals surface area contributed by atoms with Gasteiger partial charge >= 0.3 is 0 Å². The molecule has 0 amide bonds. The molecule has 0 aromatic carbocycles. The van der Waals surface area contributed by atoms with E-state index in [9.17, 15) is 4.79 Å². The Morgan fingerprint density at radius 1 is 1.57 bits per heavy atom. The van der Waals surface area contributed by atoms with Crippen LogP contribution in [0.3, 0.4) is 0 Å². The number of halogens is 4. The first-order valence-corrected chi connectivity index (χ1v) is 6.68. The number of ketones is 1. The van der Waals surface area contributed by atoms with E-state index in [0.717, 1.165) is 5.57 Å². The predicted molar refractivity (Wildman–Crippen MR) is 67.5 cm³/mol. The van der Waals surface area contributed by atoms with E-state index in [2.05, 4.69) is 31.9 Å². The van der Waals surface area contributed by atoms with E-state index in [0.29, 0.717) is 9.81 Å². The molecule has 0 heterocycles. The summed E-state index contributed by atoms with van der Waals surface area (Å²) in [5.74, 6) is -0.0501. The Balaban J connectivity index is 3.17. The van der Waals surface area contributed by atoms with Crippen molar-refractivity contribution in [1.29, 1.82) is 0 Å². The van der Waals surface area contributed by atoms with Crippen LogP contribution in [0, 0.1) is 5.41 Å². The molecule has 0 saturated heterocycles. The summed E-state index contributed by atoms with van der Waals surface area (Å²) < 4.78 is 0.510. The molecule has 0 radical (unpaired) electrons. The molecule has 1 aliphatic rings. The van der Waals surface area contributed by atoms with Crippen LogP contribution in [0.2, 0.25) is 0 Å². The zero-order chi connectivity index (χ0) is 10.9. The van der Waals surface area contributed by atoms with Gasteiger partial charge in [-0.2, -0.15) is 0 Å². The van der Waals surface area contributed by atoms with Crippen molar-refractivity contribution in [3.05, 3.63) is 22.2 Å². The Hall–Kier alpha value is 0.690. The summed E-state index contributed by atoms with van der Waals surface area (Å²) in [6, 6.07) is 0. The maximum Gasteiger partial charge on any atom is 0.192 e. The summed E-state index contributed by atoms with van der Waals surface area (Å²) >= 11 is 18.3. The van der Waals surface area contributed by atoms with Crippen molar-refractivity contribution in [2.75, 3.05) is 5.33 Å². The van der Waals surface area contributed by atoms with Crippen LogP contribution in [-0.4, -0.2) is 15.9 Å². The van der Waals surface area contributed by atoms with Gasteiger partial charge in [-0.3, -0.25) is 4.79 Å². The Labute approximate surface area is 110 Å². The molecule has 14 heavy (non-hydrogen) atoms. The summed E-state index contributed by atoms with van der Waals surface area (Å²) in [6.07, 6.45) is 3.33. The van der Waals surface area contributed by atoms with Crippen molar-refractivity contribution >= 4 is 60.8 Å². The molecular weight excluding hydrogens is 355 g/mol. The first-order chi connectivity index (χ1) is 6.41. The average Bonchev–Trinajstić information content (AvgIpc) is 2.11. The molecule has 0 aromatic rings. The second kappa shape index (κ2) is 4.69. The van der Waals surface area contributed by atoms with E-state index < -0.39 is 10.3 Å². The third-order valence-corrected chi connectivity index (χ3v) is 4.39. The van der Waals surface area contributed by atoms with Gasteiger partial charge in [-0.25, -0.2) is 0 Å². The van der Waals surface area contributed by atoms with Gasteiger partial charge in [0.1, 0.15) is 4.84 Å². The van der Waals surface area contributed by atoms with Gasteiger partial charge in [0.2, 0.25) is 0 Å². The van der Waals surface area contributed by atoms with Crippen molar-refractivity contribution in [1.82, 2.24) is 0 Å². The molecule has 0 bridgehead atoms. The summed E-state index contributed by atoms with van der Waals surface area (Å²) in [5, 5.41) is 0.585. The normalized spacial score (nSPS) is 27.7. The lowest BCUT2D eigenvalue weighted by molar-refractivity contribution is -0.110. The highest BCUT2D eigenvalue weighted by Crippen LogP contribution is 2.43. The van der Waals surface area contributed by atoms with Gasteiger partial charge in [0.25, 0.3) is 0 Å². The van der Waals surface area contributed by atoms with Gasteiger partial charge in [-0.15, -0.1) is 23.2 Å². The maximum absolute atomic E-state index is 11.4. The van der Waals surface area contributed by atoms with Crippen LogP contribution in [-0.2, 0) is 4.79 Å². The van der Waals surface area contributed by atoms with Crippen molar-refractivity contribution in [3.8, 4) is 0 Å². The zero-order valence-corrected chi connectivity index (χ0v) is 12.0. The monoisotopic (exact) mass is 360 g/mol. The lowest BCUT2D eigenvalue weighted by Crippen LogP contribution is -2.29. The van der Waals surface area contributed by atoms with Crippen LogP contribution in [0.1, 0.15) is 6.92 Å². The van der Waals surface area contributed by atoms with Gasteiger partial charge in [-0.1, -0.05) is 22.0 Å². The van der Waals surface area contributed by atoms with Crippen molar-refractivity contribution in [3.63, 3.8) is 0 Å². The fourth-order valence-corrected chi connectivity index (χ4v) is 2.96. The number of carbonyl (C=O) groups excluding carboxylic acids is 1. The Morgan fingerprint density at radius 2 is 2.14 bits per heavy atom. The number of hydrogen-bond acceptors (Lipinski definition) is 1. The first kappa shape index (κ1) is 12.8. The minimum atomic E-state index is -0.577. The number of carbonyl (C=O) groups is 1. The first-order valence-electron chi connectivity index (χ1n) is 3.89. The predicted octanol–water partition coefficient (Wildman–Crippen LogP) is 3.98. The van der Waals surface area contributed by atoms with Crippen molar-refractivity contribution < 1.29 is 4.79 Å². The van der Waals surface area contributed by atoms with Crippen LogP contribution < -0.4 is 0 Å². The summed E-state index contributed by atoms with van der Waals surface area (Å²) in [6.45, 7) is 1.90. The highest BCUT2D eigenvalue weighted by atomic mass is 79.9. The molecule has 1 rings (SSSR count). The third kappa shape index (κ3) is 2.26. The minimum Gasteiger partial charge on any atom is -0.289 e. The summed E-state index contributed by atoms with van der Waals surface area (Å²) in [5.41, 5.74) is 0.403. The topological polar surface area (TPSA) is 17.1 Å². The van der Waals surface area contributed by atoms with Crippen LogP contribution in [0.4, 0.5) is 0 Å². The van der Waals surface area contributed by atoms with Gasteiger partial charge in [0.05, 0.1) is 4.48 Å². The van der Waals surface area contributed by atoms with E-state index in [4.69, 9.17) is 23.2 Å².